The van der Waals surface area contributed by atoms with Crippen molar-refractivity contribution in [3.05, 3.63) is 23.8 Å². The van der Waals surface area contributed by atoms with Gasteiger partial charge in [-0.2, -0.15) is 0 Å². The summed E-state index contributed by atoms with van der Waals surface area (Å²) >= 11 is 1.53. The van der Waals surface area contributed by atoms with Crippen molar-refractivity contribution in [3.63, 3.8) is 0 Å². The van der Waals surface area contributed by atoms with Gasteiger partial charge in [0, 0.05) is 23.7 Å². The van der Waals surface area contributed by atoms with Gasteiger partial charge in [0.25, 0.3) is 0 Å². The maximum Gasteiger partial charge on any atom is 0.0965 e. The zero-order valence-corrected chi connectivity index (χ0v) is 12.4. The van der Waals surface area contributed by atoms with Gasteiger partial charge >= 0.3 is 0 Å². The molecule has 0 aliphatic carbocycles. The maximum absolute atomic E-state index is 9.06. The van der Waals surface area contributed by atoms with Crippen LogP contribution in [0.1, 0.15) is 12.5 Å². The van der Waals surface area contributed by atoms with Gasteiger partial charge in [-0.25, -0.2) is 0 Å². The highest BCUT2D eigenvalue weighted by Crippen LogP contribution is 2.17. The Morgan fingerprint density at radius 1 is 1.41 bits per heavy atom. The minimum absolute atomic E-state index is 0. The van der Waals surface area contributed by atoms with E-state index in [0.29, 0.717) is 0 Å². The fourth-order valence-electron chi connectivity index (χ4n) is 1.30. The lowest BCUT2D eigenvalue weighted by Gasteiger charge is -2.10. The molecule has 0 aliphatic rings. The van der Waals surface area contributed by atoms with E-state index in [-0.39, 0.29) is 30.3 Å². The lowest BCUT2D eigenvalue weighted by Crippen LogP contribution is -2.07. The fraction of sp³-hybridized carbons (Fsp3) is 0.455. The lowest BCUT2D eigenvalue weighted by molar-refractivity contribution is 0.284. The highest BCUT2D eigenvalue weighted by molar-refractivity contribution is 7.99. The van der Waals surface area contributed by atoms with Crippen LogP contribution in [0.4, 0.5) is 11.4 Å². The normalized spacial score (nSPS) is 11.0. The summed E-state index contributed by atoms with van der Waals surface area (Å²) in [5, 5.41) is 12.4. The highest BCUT2D eigenvalue weighted by Gasteiger charge is 1.99. The van der Waals surface area contributed by atoms with Gasteiger partial charge in [-0.05, 0) is 37.6 Å². The number of aliphatic hydroxyl groups is 1. The predicted octanol–water partition coefficient (Wildman–Crippen LogP) is 2.90. The summed E-state index contributed by atoms with van der Waals surface area (Å²) < 4.78 is 0. The van der Waals surface area contributed by atoms with Crippen molar-refractivity contribution in [2.45, 2.75) is 19.3 Å². The van der Waals surface area contributed by atoms with Crippen LogP contribution in [-0.2, 0) is 0 Å². The topological polar surface area (TPSA) is 58.3 Å². The van der Waals surface area contributed by atoms with E-state index in [1.54, 1.807) is 6.92 Å². The summed E-state index contributed by atoms with van der Waals surface area (Å²) in [7, 11) is 0. The Kier molecular flexibility index (Phi) is 10.9. The van der Waals surface area contributed by atoms with Crippen LogP contribution < -0.4 is 11.1 Å². The zero-order valence-electron chi connectivity index (χ0n) is 9.97. The van der Waals surface area contributed by atoms with Crippen LogP contribution >= 0.6 is 36.6 Å². The SMILES string of the molecule is Cc1cc(N)ccc1NCCSC(C)O.Cl.Cl. The first-order valence-electron chi connectivity index (χ1n) is 4.99. The van der Waals surface area contributed by atoms with E-state index in [2.05, 4.69) is 5.32 Å². The summed E-state index contributed by atoms with van der Waals surface area (Å²) in [6.45, 7) is 4.65. The molecule has 6 heteroatoms. The molecule has 0 spiro atoms. The molecule has 0 fully saturated rings. The number of hydrogen-bond donors (Lipinski definition) is 3. The third kappa shape index (κ3) is 7.60. The molecule has 0 aromatic heterocycles. The van der Waals surface area contributed by atoms with E-state index in [1.807, 2.05) is 25.1 Å². The van der Waals surface area contributed by atoms with Gasteiger partial charge in [-0.1, -0.05) is 0 Å². The van der Waals surface area contributed by atoms with Gasteiger partial charge in [0.2, 0.25) is 0 Å². The Hall–Kier alpha value is -0.290. The van der Waals surface area contributed by atoms with Crippen molar-refractivity contribution < 1.29 is 5.11 Å². The second-order valence-corrected chi connectivity index (χ2v) is 4.90. The number of rotatable bonds is 5. The van der Waals surface area contributed by atoms with Crippen LogP contribution in [-0.4, -0.2) is 22.8 Å². The summed E-state index contributed by atoms with van der Waals surface area (Å²) in [5.41, 5.74) is 8.41. The number of nitrogen functional groups attached to an aromatic ring is 1. The molecule has 0 saturated carbocycles. The largest absolute Gasteiger partial charge is 0.399 e. The van der Waals surface area contributed by atoms with Crippen molar-refractivity contribution in [1.29, 1.82) is 0 Å². The van der Waals surface area contributed by atoms with Gasteiger partial charge in [-0.15, -0.1) is 36.6 Å². The predicted molar refractivity (Wildman–Crippen MR) is 82.7 cm³/mol. The van der Waals surface area contributed by atoms with Gasteiger partial charge in [0.1, 0.15) is 0 Å². The Morgan fingerprint density at radius 3 is 2.59 bits per heavy atom. The minimum Gasteiger partial charge on any atom is -0.399 e. The first-order chi connectivity index (χ1) is 7.09. The number of anilines is 2. The molecular formula is C11H20Cl2N2OS. The number of thioether (sulfide) groups is 1. The summed E-state index contributed by atoms with van der Waals surface area (Å²) in [6, 6.07) is 5.82. The molecule has 0 amide bonds. The van der Waals surface area contributed by atoms with Gasteiger partial charge in [-0.3, -0.25) is 0 Å². The number of hydrogen-bond acceptors (Lipinski definition) is 4. The van der Waals surface area contributed by atoms with Crippen LogP contribution in [0.5, 0.6) is 0 Å². The second-order valence-electron chi connectivity index (χ2n) is 3.47. The Balaban J connectivity index is 0. The molecule has 1 rings (SSSR count). The highest BCUT2D eigenvalue weighted by atomic mass is 35.5. The van der Waals surface area contributed by atoms with E-state index in [0.717, 1.165) is 29.2 Å². The third-order valence-corrected chi connectivity index (χ3v) is 2.95. The van der Waals surface area contributed by atoms with Gasteiger partial charge in [0.05, 0.1) is 5.44 Å². The fourth-order valence-corrected chi connectivity index (χ4v) is 1.86. The summed E-state index contributed by atoms with van der Waals surface area (Å²) in [5.74, 6) is 0.890. The Labute approximate surface area is 119 Å². The van der Waals surface area contributed by atoms with Crippen molar-refractivity contribution in [2.24, 2.45) is 0 Å². The van der Waals surface area contributed by atoms with Crippen molar-refractivity contribution in [2.75, 3.05) is 23.3 Å². The smallest absolute Gasteiger partial charge is 0.0965 e. The molecule has 0 aliphatic heterocycles. The van der Waals surface area contributed by atoms with Crippen LogP contribution in [0.15, 0.2) is 18.2 Å². The number of aryl methyl sites for hydroxylation is 1. The standard InChI is InChI=1S/C11H18N2OS.2ClH/c1-8-7-10(12)3-4-11(8)13-5-6-15-9(2)14;;/h3-4,7,9,13-14H,5-6,12H2,1-2H3;2*1H. The molecule has 1 aromatic carbocycles. The van der Waals surface area contributed by atoms with E-state index in [4.69, 9.17) is 10.8 Å². The number of nitrogens with two attached hydrogens (primary N) is 1. The number of benzene rings is 1. The van der Waals surface area contributed by atoms with Crippen molar-refractivity contribution >= 4 is 48.0 Å². The van der Waals surface area contributed by atoms with Crippen LogP contribution in [0.25, 0.3) is 0 Å². The molecule has 17 heavy (non-hydrogen) atoms. The maximum atomic E-state index is 9.06. The van der Waals surface area contributed by atoms with E-state index >= 15 is 0 Å². The van der Waals surface area contributed by atoms with E-state index < -0.39 is 0 Å². The molecule has 0 saturated heterocycles. The average Bonchev–Trinajstić information content (AvgIpc) is 2.14. The second kappa shape index (κ2) is 9.71. The molecule has 100 valence electrons. The van der Waals surface area contributed by atoms with Gasteiger partial charge < -0.3 is 16.2 Å². The first-order valence-corrected chi connectivity index (χ1v) is 6.04. The molecule has 0 bridgehead atoms. The van der Waals surface area contributed by atoms with Crippen LogP contribution in [0.3, 0.4) is 0 Å². The molecule has 1 unspecified atom stereocenters. The quantitative estimate of drug-likeness (QED) is 0.444. The molecule has 1 atom stereocenters. The van der Waals surface area contributed by atoms with Crippen LogP contribution in [0, 0.1) is 6.92 Å². The lowest BCUT2D eigenvalue weighted by atomic mass is 10.2. The molecular weight excluding hydrogens is 279 g/mol. The third-order valence-electron chi connectivity index (χ3n) is 2.03. The molecule has 4 N–H and O–H groups in total. The summed E-state index contributed by atoms with van der Waals surface area (Å²) in [6.07, 6.45) is 0. The van der Waals surface area contributed by atoms with E-state index in [1.165, 1.54) is 11.8 Å². The first kappa shape index (κ1) is 19.1. The molecule has 0 radical (unpaired) electrons. The van der Waals surface area contributed by atoms with E-state index in [9.17, 15) is 0 Å². The average molecular weight is 299 g/mol. The molecule has 0 heterocycles. The van der Waals surface area contributed by atoms with Crippen molar-refractivity contribution in [3.8, 4) is 0 Å². The molecule has 3 nitrogen and oxygen atoms in total. The van der Waals surface area contributed by atoms with Crippen molar-refractivity contribution in [1.82, 2.24) is 0 Å². The Bertz CT molecular complexity index is 324. The monoisotopic (exact) mass is 298 g/mol. The Morgan fingerprint density at radius 2 is 2.06 bits per heavy atom. The summed E-state index contributed by atoms with van der Waals surface area (Å²) in [4.78, 5) is 0. The van der Waals surface area contributed by atoms with Crippen LogP contribution in [0.2, 0.25) is 0 Å². The minimum atomic E-state index is -0.292. The molecule has 1 aromatic rings. The zero-order chi connectivity index (χ0) is 11.3. The number of aliphatic hydroxyl groups excluding tert-OH is 1. The van der Waals surface area contributed by atoms with Gasteiger partial charge in [0.15, 0.2) is 0 Å². The number of nitrogens with one attached hydrogen (secondary N) is 1. The number of halogens is 2.